The van der Waals surface area contributed by atoms with E-state index in [2.05, 4.69) is 5.16 Å². The number of hydrogen-bond acceptors (Lipinski definition) is 3. The van der Waals surface area contributed by atoms with Gasteiger partial charge in [0.1, 0.15) is 11.6 Å². The minimum Gasteiger partial charge on any atom is -0.409 e. The van der Waals surface area contributed by atoms with Crippen LogP contribution in [0.5, 0.6) is 0 Å². The van der Waals surface area contributed by atoms with Crippen molar-refractivity contribution in [2.75, 3.05) is 13.1 Å². The van der Waals surface area contributed by atoms with Crippen molar-refractivity contribution < 1.29 is 18.8 Å². The average Bonchev–Trinajstić information content (AvgIpc) is 2.41. The number of amidine groups is 1. The first-order valence-corrected chi connectivity index (χ1v) is 6.12. The van der Waals surface area contributed by atoms with Gasteiger partial charge < -0.3 is 15.8 Å². The standard InChI is InChI=1S/C13H17F2N3O2/c1-3-4-18(7-12(16)17-20)13(19)9-5-8(2)10(14)6-11(9)15/h5-6,20H,3-4,7H2,1-2H3,(H2,16,17). The number of carbonyl (C=O) groups excluding carboxylic acids is 1. The summed E-state index contributed by atoms with van der Waals surface area (Å²) in [6.45, 7) is 3.46. The third-order valence-electron chi connectivity index (χ3n) is 2.74. The van der Waals surface area contributed by atoms with Gasteiger partial charge in [-0.3, -0.25) is 4.79 Å². The fourth-order valence-electron chi connectivity index (χ4n) is 1.74. The lowest BCUT2D eigenvalue weighted by atomic mass is 10.1. The van der Waals surface area contributed by atoms with Crippen molar-refractivity contribution in [3.05, 3.63) is 34.9 Å². The highest BCUT2D eigenvalue weighted by atomic mass is 19.1. The van der Waals surface area contributed by atoms with Gasteiger partial charge in [-0.05, 0) is 25.0 Å². The van der Waals surface area contributed by atoms with Crippen LogP contribution in [-0.4, -0.2) is 34.9 Å². The van der Waals surface area contributed by atoms with Crippen LogP contribution in [-0.2, 0) is 0 Å². The summed E-state index contributed by atoms with van der Waals surface area (Å²) in [6, 6.07) is 1.83. The fourth-order valence-corrected chi connectivity index (χ4v) is 1.74. The largest absolute Gasteiger partial charge is 0.409 e. The molecule has 1 aromatic carbocycles. The third kappa shape index (κ3) is 3.66. The molecule has 110 valence electrons. The Morgan fingerprint density at radius 3 is 2.60 bits per heavy atom. The highest BCUT2D eigenvalue weighted by Crippen LogP contribution is 2.16. The number of benzene rings is 1. The summed E-state index contributed by atoms with van der Waals surface area (Å²) >= 11 is 0. The molecule has 0 aliphatic rings. The molecule has 0 aliphatic heterocycles. The third-order valence-corrected chi connectivity index (χ3v) is 2.74. The molecule has 1 rings (SSSR count). The Balaban J connectivity index is 3.09. The zero-order chi connectivity index (χ0) is 15.3. The van der Waals surface area contributed by atoms with Gasteiger partial charge in [0, 0.05) is 12.6 Å². The number of rotatable bonds is 5. The number of halogens is 2. The molecule has 1 amide bonds. The predicted molar refractivity (Wildman–Crippen MR) is 70.7 cm³/mol. The van der Waals surface area contributed by atoms with Crippen LogP contribution in [0.3, 0.4) is 0 Å². The first-order valence-electron chi connectivity index (χ1n) is 6.12. The maximum Gasteiger partial charge on any atom is 0.257 e. The number of aryl methyl sites for hydroxylation is 1. The second-order valence-electron chi connectivity index (χ2n) is 4.40. The van der Waals surface area contributed by atoms with Crippen molar-refractivity contribution in [1.29, 1.82) is 0 Å². The van der Waals surface area contributed by atoms with E-state index in [1.54, 1.807) is 0 Å². The van der Waals surface area contributed by atoms with E-state index in [4.69, 9.17) is 10.9 Å². The minimum absolute atomic E-state index is 0.126. The summed E-state index contributed by atoms with van der Waals surface area (Å²) in [5.41, 5.74) is 5.31. The van der Waals surface area contributed by atoms with Crippen molar-refractivity contribution in [3.8, 4) is 0 Å². The van der Waals surface area contributed by atoms with Crippen LogP contribution in [0.1, 0.15) is 29.3 Å². The molecule has 0 saturated carbocycles. The van der Waals surface area contributed by atoms with Gasteiger partial charge >= 0.3 is 0 Å². The van der Waals surface area contributed by atoms with Gasteiger partial charge in [0.2, 0.25) is 0 Å². The summed E-state index contributed by atoms with van der Waals surface area (Å²) in [5, 5.41) is 11.3. The summed E-state index contributed by atoms with van der Waals surface area (Å²) in [5.74, 6) is -2.43. The second-order valence-corrected chi connectivity index (χ2v) is 4.40. The molecule has 1 aromatic rings. The van der Waals surface area contributed by atoms with Crippen molar-refractivity contribution >= 4 is 11.7 Å². The summed E-state index contributed by atoms with van der Waals surface area (Å²) < 4.78 is 26.9. The molecule has 0 radical (unpaired) electrons. The normalized spacial score (nSPS) is 11.5. The maximum atomic E-state index is 13.7. The molecule has 0 spiro atoms. The van der Waals surface area contributed by atoms with E-state index in [0.717, 1.165) is 6.07 Å². The van der Waals surface area contributed by atoms with E-state index in [-0.39, 0.29) is 23.5 Å². The Hall–Kier alpha value is -2.18. The Morgan fingerprint density at radius 1 is 1.40 bits per heavy atom. The lowest BCUT2D eigenvalue weighted by Gasteiger charge is -2.21. The Morgan fingerprint density at radius 2 is 2.05 bits per heavy atom. The Labute approximate surface area is 115 Å². The summed E-state index contributed by atoms with van der Waals surface area (Å²) in [6.07, 6.45) is 0.617. The second kappa shape index (κ2) is 6.83. The van der Waals surface area contributed by atoms with E-state index in [1.165, 1.54) is 11.8 Å². The smallest absolute Gasteiger partial charge is 0.257 e. The van der Waals surface area contributed by atoms with Gasteiger partial charge in [0.05, 0.1) is 12.1 Å². The molecule has 3 N–H and O–H groups in total. The van der Waals surface area contributed by atoms with E-state index < -0.39 is 17.5 Å². The first kappa shape index (κ1) is 15.9. The molecule has 0 unspecified atom stereocenters. The topological polar surface area (TPSA) is 78.9 Å². The van der Waals surface area contributed by atoms with E-state index in [9.17, 15) is 13.6 Å². The molecule has 0 atom stereocenters. The lowest BCUT2D eigenvalue weighted by Crippen LogP contribution is -2.39. The van der Waals surface area contributed by atoms with Gasteiger partial charge in [0.25, 0.3) is 5.91 Å². The monoisotopic (exact) mass is 285 g/mol. The van der Waals surface area contributed by atoms with Crippen LogP contribution in [0.15, 0.2) is 17.3 Å². The van der Waals surface area contributed by atoms with Gasteiger partial charge in [-0.2, -0.15) is 0 Å². The van der Waals surface area contributed by atoms with Crippen molar-refractivity contribution in [3.63, 3.8) is 0 Å². The first-order chi connectivity index (χ1) is 9.40. The molecule has 0 heterocycles. The molecule has 0 bridgehead atoms. The van der Waals surface area contributed by atoms with Crippen LogP contribution in [0, 0.1) is 18.6 Å². The van der Waals surface area contributed by atoms with Crippen molar-refractivity contribution in [2.24, 2.45) is 10.9 Å². The summed E-state index contributed by atoms with van der Waals surface area (Å²) in [4.78, 5) is 13.5. The highest BCUT2D eigenvalue weighted by molar-refractivity contribution is 5.97. The van der Waals surface area contributed by atoms with Crippen LogP contribution in [0.25, 0.3) is 0 Å². The summed E-state index contributed by atoms with van der Waals surface area (Å²) in [7, 11) is 0. The van der Waals surface area contributed by atoms with E-state index in [1.807, 2.05) is 6.92 Å². The van der Waals surface area contributed by atoms with Crippen LogP contribution >= 0.6 is 0 Å². The fraction of sp³-hybridized carbons (Fsp3) is 0.385. The number of amides is 1. The molecule has 7 heteroatoms. The number of hydrogen-bond donors (Lipinski definition) is 2. The van der Waals surface area contributed by atoms with Gasteiger partial charge in [-0.15, -0.1) is 0 Å². The van der Waals surface area contributed by atoms with Crippen molar-refractivity contribution in [2.45, 2.75) is 20.3 Å². The van der Waals surface area contributed by atoms with E-state index >= 15 is 0 Å². The molecule has 0 aromatic heterocycles. The molecule has 5 nitrogen and oxygen atoms in total. The number of carbonyl (C=O) groups is 1. The van der Waals surface area contributed by atoms with E-state index in [0.29, 0.717) is 19.0 Å². The Kier molecular flexibility index (Phi) is 5.42. The number of nitrogens with zero attached hydrogens (tertiary/aromatic N) is 2. The van der Waals surface area contributed by atoms with Gasteiger partial charge in [-0.1, -0.05) is 12.1 Å². The minimum atomic E-state index is -0.932. The van der Waals surface area contributed by atoms with Crippen LogP contribution in [0.4, 0.5) is 8.78 Å². The van der Waals surface area contributed by atoms with Gasteiger partial charge in [0.15, 0.2) is 5.84 Å². The quantitative estimate of drug-likeness (QED) is 0.375. The van der Waals surface area contributed by atoms with Crippen LogP contribution < -0.4 is 5.73 Å². The number of nitrogens with two attached hydrogens (primary N) is 1. The van der Waals surface area contributed by atoms with Crippen molar-refractivity contribution in [1.82, 2.24) is 4.90 Å². The average molecular weight is 285 g/mol. The Bertz CT molecular complexity index is 533. The highest BCUT2D eigenvalue weighted by Gasteiger charge is 2.21. The zero-order valence-corrected chi connectivity index (χ0v) is 11.4. The molecule has 0 fully saturated rings. The molecule has 20 heavy (non-hydrogen) atoms. The molecule has 0 saturated heterocycles. The van der Waals surface area contributed by atoms with Crippen LogP contribution in [0.2, 0.25) is 0 Å². The lowest BCUT2D eigenvalue weighted by molar-refractivity contribution is 0.0773. The number of oxime groups is 1. The SMILES string of the molecule is CCCN(C/C(N)=N/O)C(=O)c1cc(C)c(F)cc1F. The van der Waals surface area contributed by atoms with Gasteiger partial charge in [-0.25, -0.2) is 8.78 Å². The maximum absolute atomic E-state index is 13.7. The predicted octanol–water partition coefficient (Wildman–Crippen LogP) is 1.87. The molecule has 0 aliphatic carbocycles. The molecular weight excluding hydrogens is 268 g/mol. The molecular formula is C13H17F2N3O2. The zero-order valence-electron chi connectivity index (χ0n) is 11.4.